The van der Waals surface area contributed by atoms with E-state index in [0.29, 0.717) is 5.02 Å². The summed E-state index contributed by atoms with van der Waals surface area (Å²) in [5.74, 6) is -1.35. The Morgan fingerprint density at radius 3 is 2.71 bits per heavy atom. The number of nitrogens with zero attached hydrogens (tertiary/aromatic N) is 2. The Kier molecular flexibility index (Phi) is 4.49. The molecule has 7 heteroatoms. The van der Waals surface area contributed by atoms with E-state index in [-0.39, 0.29) is 23.9 Å². The van der Waals surface area contributed by atoms with Crippen LogP contribution in [0.1, 0.15) is 28.4 Å². The van der Waals surface area contributed by atoms with Crippen molar-refractivity contribution in [3.05, 3.63) is 64.7 Å². The maximum atomic E-state index is 13.7. The smallest absolute Gasteiger partial charge is 0.254 e. The van der Waals surface area contributed by atoms with Gasteiger partial charge in [-0.2, -0.15) is 0 Å². The Labute approximate surface area is 143 Å². The summed E-state index contributed by atoms with van der Waals surface area (Å²) in [4.78, 5) is 29.6. The second-order valence-electron chi connectivity index (χ2n) is 5.64. The normalized spacial score (nSPS) is 20.3. The van der Waals surface area contributed by atoms with Crippen LogP contribution in [0.3, 0.4) is 0 Å². The van der Waals surface area contributed by atoms with Crippen molar-refractivity contribution < 1.29 is 14.0 Å². The number of likely N-dealkylation sites (tertiary alicyclic amines) is 1. The third kappa shape index (κ3) is 3.10. The lowest BCUT2D eigenvalue weighted by Crippen LogP contribution is -2.39. The summed E-state index contributed by atoms with van der Waals surface area (Å²) in [5.41, 5.74) is 0.759. The summed E-state index contributed by atoms with van der Waals surface area (Å²) in [7, 11) is 1.68. The van der Waals surface area contributed by atoms with Gasteiger partial charge in [0.1, 0.15) is 0 Å². The van der Waals surface area contributed by atoms with Gasteiger partial charge in [0.15, 0.2) is 5.82 Å². The van der Waals surface area contributed by atoms with E-state index in [1.54, 1.807) is 24.1 Å². The van der Waals surface area contributed by atoms with Crippen molar-refractivity contribution in [1.82, 2.24) is 15.2 Å². The average molecular weight is 348 g/mol. The largest absolute Gasteiger partial charge is 0.346 e. The van der Waals surface area contributed by atoms with Crippen LogP contribution in [-0.4, -0.2) is 34.8 Å². The number of hydrogen-bond donors (Lipinski definition) is 1. The van der Waals surface area contributed by atoms with Gasteiger partial charge >= 0.3 is 0 Å². The molecule has 1 saturated heterocycles. The van der Waals surface area contributed by atoms with Gasteiger partial charge in [-0.1, -0.05) is 23.7 Å². The van der Waals surface area contributed by atoms with Crippen LogP contribution in [0.25, 0.3) is 0 Å². The van der Waals surface area contributed by atoms with Gasteiger partial charge in [-0.15, -0.1) is 0 Å². The second-order valence-corrected chi connectivity index (χ2v) is 6.08. The number of pyridine rings is 1. The van der Waals surface area contributed by atoms with E-state index in [9.17, 15) is 14.0 Å². The van der Waals surface area contributed by atoms with Gasteiger partial charge in [0.2, 0.25) is 5.91 Å². The third-order valence-corrected chi connectivity index (χ3v) is 4.38. The van der Waals surface area contributed by atoms with Gasteiger partial charge < -0.3 is 10.2 Å². The Morgan fingerprint density at radius 2 is 2.04 bits per heavy atom. The van der Waals surface area contributed by atoms with Crippen LogP contribution in [0.4, 0.5) is 4.39 Å². The summed E-state index contributed by atoms with van der Waals surface area (Å²) in [6, 6.07) is 7.61. The van der Waals surface area contributed by atoms with Crippen LogP contribution in [0.2, 0.25) is 5.02 Å². The SMILES string of the molecule is CN1C(=O)C[C@@H](NC(=O)c2ccncc2F)[C@H]1c1ccc(Cl)cc1. The molecule has 1 N–H and O–H groups in total. The highest BCUT2D eigenvalue weighted by Crippen LogP contribution is 2.32. The third-order valence-electron chi connectivity index (χ3n) is 4.13. The standard InChI is InChI=1S/C17H15ClFN3O2/c1-22-15(23)8-14(16(22)10-2-4-11(18)5-3-10)21-17(24)12-6-7-20-9-13(12)19/h2-7,9,14,16H,8H2,1H3,(H,21,24)/t14-,16-/m1/s1. The molecule has 1 fully saturated rings. The van der Waals surface area contributed by atoms with Crippen LogP contribution < -0.4 is 5.32 Å². The molecule has 1 aliphatic rings. The predicted molar refractivity (Wildman–Crippen MR) is 87.0 cm³/mol. The van der Waals surface area contributed by atoms with Crippen LogP contribution in [0, 0.1) is 5.82 Å². The number of hydrogen-bond acceptors (Lipinski definition) is 3. The molecule has 124 valence electrons. The van der Waals surface area contributed by atoms with E-state index in [1.165, 1.54) is 12.3 Å². The number of amides is 2. The zero-order chi connectivity index (χ0) is 17.3. The first-order chi connectivity index (χ1) is 11.5. The number of carbonyl (C=O) groups is 2. The number of benzene rings is 1. The van der Waals surface area contributed by atoms with Crippen molar-refractivity contribution >= 4 is 23.4 Å². The number of aromatic nitrogens is 1. The first-order valence-corrected chi connectivity index (χ1v) is 7.76. The Hall–Kier alpha value is -2.47. The van der Waals surface area contributed by atoms with E-state index in [2.05, 4.69) is 10.3 Å². The van der Waals surface area contributed by atoms with Crippen LogP contribution in [0.15, 0.2) is 42.7 Å². The molecule has 1 aromatic carbocycles. The molecular formula is C17H15ClFN3O2. The van der Waals surface area contributed by atoms with Crippen molar-refractivity contribution in [3.8, 4) is 0 Å². The van der Waals surface area contributed by atoms with Gasteiger partial charge in [-0.05, 0) is 23.8 Å². The lowest BCUT2D eigenvalue weighted by atomic mass is 10.00. The quantitative estimate of drug-likeness (QED) is 0.928. The lowest BCUT2D eigenvalue weighted by molar-refractivity contribution is -0.127. The van der Waals surface area contributed by atoms with E-state index in [0.717, 1.165) is 11.8 Å². The fourth-order valence-electron chi connectivity index (χ4n) is 2.92. The Bertz CT molecular complexity index is 782. The summed E-state index contributed by atoms with van der Waals surface area (Å²) < 4.78 is 13.7. The lowest BCUT2D eigenvalue weighted by Gasteiger charge is -2.26. The summed E-state index contributed by atoms with van der Waals surface area (Å²) in [6.45, 7) is 0. The second kappa shape index (κ2) is 6.57. The minimum Gasteiger partial charge on any atom is -0.346 e. The molecule has 2 aromatic rings. The van der Waals surface area contributed by atoms with E-state index >= 15 is 0 Å². The first kappa shape index (κ1) is 16.4. The molecule has 0 unspecified atom stereocenters. The topological polar surface area (TPSA) is 62.3 Å². The van der Waals surface area contributed by atoms with Crippen molar-refractivity contribution in [2.24, 2.45) is 0 Å². The zero-order valence-electron chi connectivity index (χ0n) is 12.9. The molecule has 0 radical (unpaired) electrons. The molecule has 2 amide bonds. The number of carbonyl (C=O) groups excluding carboxylic acids is 2. The molecule has 0 aliphatic carbocycles. The van der Waals surface area contributed by atoms with Crippen LogP contribution in [0.5, 0.6) is 0 Å². The molecule has 24 heavy (non-hydrogen) atoms. The fourth-order valence-corrected chi connectivity index (χ4v) is 3.05. The highest BCUT2D eigenvalue weighted by molar-refractivity contribution is 6.30. The molecule has 0 saturated carbocycles. The van der Waals surface area contributed by atoms with Crippen molar-refractivity contribution in [3.63, 3.8) is 0 Å². The Balaban J connectivity index is 1.85. The maximum Gasteiger partial charge on any atom is 0.254 e. The minimum absolute atomic E-state index is 0.0875. The van der Waals surface area contributed by atoms with Gasteiger partial charge in [0.25, 0.3) is 5.91 Å². The van der Waals surface area contributed by atoms with Crippen LogP contribution in [-0.2, 0) is 4.79 Å². The molecule has 0 spiro atoms. The molecule has 3 rings (SSSR count). The number of likely N-dealkylation sites (N-methyl/N-ethyl adjacent to an activating group) is 1. The number of rotatable bonds is 3. The summed E-state index contributed by atoms with van der Waals surface area (Å²) in [5, 5.41) is 3.35. The molecule has 1 aromatic heterocycles. The van der Waals surface area contributed by atoms with Gasteiger partial charge in [0.05, 0.1) is 23.8 Å². The highest BCUT2D eigenvalue weighted by Gasteiger charge is 2.39. The molecule has 2 heterocycles. The van der Waals surface area contributed by atoms with Crippen molar-refractivity contribution in [1.29, 1.82) is 0 Å². The number of halogens is 2. The monoisotopic (exact) mass is 347 g/mol. The van der Waals surface area contributed by atoms with Crippen LogP contribution >= 0.6 is 11.6 Å². The van der Waals surface area contributed by atoms with E-state index in [4.69, 9.17) is 11.6 Å². The van der Waals surface area contributed by atoms with Gasteiger partial charge in [0, 0.05) is 24.7 Å². The molecule has 1 aliphatic heterocycles. The molecule has 2 atom stereocenters. The minimum atomic E-state index is -0.698. The summed E-state index contributed by atoms with van der Waals surface area (Å²) >= 11 is 5.90. The zero-order valence-corrected chi connectivity index (χ0v) is 13.6. The van der Waals surface area contributed by atoms with E-state index in [1.807, 2.05) is 12.1 Å². The molecule has 0 bridgehead atoms. The Morgan fingerprint density at radius 1 is 1.33 bits per heavy atom. The van der Waals surface area contributed by atoms with E-state index < -0.39 is 17.8 Å². The molecular weight excluding hydrogens is 333 g/mol. The summed E-state index contributed by atoms with van der Waals surface area (Å²) in [6.07, 6.45) is 2.49. The van der Waals surface area contributed by atoms with Crippen molar-refractivity contribution in [2.45, 2.75) is 18.5 Å². The van der Waals surface area contributed by atoms with Gasteiger partial charge in [-0.3, -0.25) is 14.6 Å². The predicted octanol–water partition coefficient (Wildman–Crippen LogP) is 2.58. The number of nitrogens with one attached hydrogen (secondary N) is 1. The van der Waals surface area contributed by atoms with Gasteiger partial charge in [-0.25, -0.2) is 4.39 Å². The first-order valence-electron chi connectivity index (χ1n) is 7.39. The fraction of sp³-hybridized carbons (Fsp3) is 0.235. The maximum absolute atomic E-state index is 13.7. The van der Waals surface area contributed by atoms with Crippen molar-refractivity contribution in [2.75, 3.05) is 7.05 Å². The highest BCUT2D eigenvalue weighted by atomic mass is 35.5. The average Bonchev–Trinajstić information content (AvgIpc) is 2.83. The molecule has 5 nitrogen and oxygen atoms in total.